The van der Waals surface area contributed by atoms with E-state index in [9.17, 15) is 0 Å². The zero-order chi connectivity index (χ0) is 14.9. The van der Waals surface area contributed by atoms with Crippen LogP contribution in [0.3, 0.4) is 0 Å². The number of aromatic nitrogens is 1. The molecule has 4 heteroatoms. The number of hydrogen-bond acceptors (Lipinski definition) is 4. The van der Waals surface area contributed by atoms with E-state index in [0.29, 0.717) is 18.1 Å². The number of pyridine rings is 1. The third-order valence-corrected chi connectivity index (χ3v) is 2.97. The quantitative estimate of drug-likeness (QED) is 0.847. The fourth-order valence-corrected chi connectivity index (χ4v) is 1.91. The molecule has 0 saturated heterocycles. The van der Waals surface area contributed by atoms with Gasteiger partial charge in [0.2, 0.25) is 5.88 Å². The predicted octanol–water partition coefficient (Wildman–Crippen LogP) is 3.03. The Hall–Kier alpha value is -2.38. The van der Waals surface area contributed by atoms with Crippen molar-refractivity contribution in [2.75, 3.05) is 6.61 Å². The number of nitriles is 1. The lowest BCUT2D eigenvalue weighted by atomic mass is 10.1. The van der Waals surface area contributed by atoms with E-state index in [4.69, 9.17) is 10.00 Å². The van der Waals surface area contributed by atoms with Gasteiger partial charge in [-0.1, -0.05) is 25.1 Å². The molecule has 0 fully saturated rings. The van der Waals surface area contributed by atoms with E-state index in [0.717, 1.165) is 30.6 Å². The first-order chi connectivity index (χ1) is 10.3. The fourth-order valence-electron chi connectivity index (χ4n) is 1.91. The molecule has 0 bridgehead atoms. The number of ether oxygens (including phenoxy) is 1. The summed E-state index contributed by atoms with van der Waals surface area (Å²) in [6, 6.07) is 13.7. The van der Waals surface area contributed by atoms with Crippen LogP contribution in [0.15, 0.2) is 42.6 Å². The van der Waals surface area contributed by atoms with Gasteiger partial charge in [0.25, 0.3) is 0 Å². The second kappa shape index (κ2) is 8.03. The standard InChI is InChI=1S/C17H19N3O/c1-2-8-21-17-7-6-16(13-20-17)12-19-11-15-5-3-4-14(9-15)10-18/h3-7,9,13,19H,2,8,11-12H2,1H3. The summed E-state index contributed by atoms with van der Waals surface area (Å²) in [5.41, 5.74) is 2.90. The summed E-state index contributed by atoms with van der Waals surface area (Å²) in [6.07, 6.45) is 2.80. The summed E-state index contributed by atoms with van der Waals surface area (Å²) in [4.78, 5) is 4.26. The molecule has 0 radical (unpaired) electrons. The molecule has 0 aliphatic carbocycles. The molecule has 0 saturated carbocycles. The van der Waals surface area contributed by atoms with Gasteiger partial charge in [0.1, 0.15) is 0 Å². The van der Waals surface area contributed by atoms with Gasteiger partial charge in [-0.15, -0.1) is 0 Å². The molecule has 0 spiro atoms. The summed E-state index contributed by atoms with van der Waals surface area (Å²) < 4.78 is 5.45. The van der Waals surface area contributed by atoms with Crippen LogP contribution in [0.4, 0.5) is 0 Å². The summed E-state index contributed by atoms with van der Waals surface area (Å²) in [5, 5.41) is 12.2. The van der Waals surface area contributed by atoms with Crippen molar-refractivity contribution >= 4 is 0 Å². The molecule has 0 aliphatic heterocycles. The molecule has 2 aromatic rings. The topological polar surface area (TPSA) is 57.9 Å². The first kappa shape index (κ1) is 15.0. The van der Waals surface area contributed by atoms with Crippen molar-refractivity contribution in [1.82, 2.24) is 10.3 Å². The first-order valence-electron chi connectivity index (χ1n) is 7.09. The Morgan fingerprint density at radius 3 is 2.76 bits per heavy atom. The minimum Gasteiger partial charge on any atom is -0.478 e. The van der Waals surface area contributed by atoms with Crippen LogP contribution in [0.5, 0.6) is 5.88 Å². The normalized spacial score (nSPS) is 10.1. The lowest BCUT2D eigenvalue weighted by Gasteiger charge is -2.07. The molecule has 0 unspecified atom stereocenters. The summed E-state index contributed by atoms with van der Waals surface area (Å²) in [5.74, 6) is 0.669. The second-order valence-electron chi connectivity index (χ2n) is 4.77. The molecule has 2 rings (SSSR count). The zero-order valence-electron chi connectivity index (χ0n) is 12.2. The molecule has 0 amide bonds. The molecule has 1 heterocycles. The van der Waals surface area contributed by atoms with E-state index in [2.05, 4.69) is 23.3 Å². The van der Waals surface area contributed by atoms with Gasteiger partial charge in [0, 0.05) is 25.4 Å². The predicted molar refractivity (Wildman–Crippen MR) is 81.7 cm³/mol. The molecule has 108 valence electrons. The SMILES string of the molecule is CCCOc1ccc(CNCc2cccc(C#N)c2)cn1. The van der Waals surface area contributed by atoms with Crippen LogP contribution in [0.2, 0.25) is 0 Å². The van der Waals surface area contributed by atoms with Gasteiger partial charge in [-0.25, -0.2) is 4.98 Å². The van der Waals surface area contributed by atoms with Crippen molar-refractivity contribution < 1.29 is 4.74 Å². The van der Waals surface area contributed by atoms with E-state index in [1.165, 1.54) is 0 Å². The van der Waals surface area contributed by atoms with Crippen molar-refractivity contribution in [2.24, 2.45) is 0 Å². The molecule has 1 aromatic carbocycles. The Morgan fingerprint density at radius 1 is 1.19 bits per heavy atom. The van der Waals surface area contributed by atoms with E-state index in [-0.39, 0.29) is 0 Å². The van der Waals surface area contributed by atoms with E-state index in [1.807, 2.05) is 42.6 Å². The Kier molecular flexibility index (Phi) is 5.74. The Labute approximate surface area is 125 Å². The van der Waals surface area contributed by atoms with Crippen molar-refractivity contribution in [3.63, 3.8) is 0 Å². The molecule has 4 nitrogen and oxygen atoms in total. The Balaban J connectivity index is 1.81. The van der Waals surface area contributed by atoms with Crippen LogP contribution in [0.25, 0.3) is 0 Å². The molecular formula is C17H19N3O. The van der Waals surface area contributed by atoms with Crippen LogP contribution < -0.4 is 10.1 Å². The maximum absolute atomic E-state index is 8.86. The monoisotopic (exact) mass is 281 g/mol. The first-order valence-corrected chi connectivity index (χ1v) is 7.09. The highest BCUT2D eigenvalue weighted by molar-refractivity contribution is 5.32. The average Bonchev–Trinajstić information content (AvgIpc) is 2.54. The number of benzene rings is 1. The second-order valence-corrected chi connectivity index (χ2v) is 4.77. The van der Waals surface area contributed by atoms with Crippen LogP contribution in [-0.4, -0.2) is 11.6 Å². The van der Waals surface area contributed by atoms with Crippen LogP contribution >= 0.6 is 0 Å². The van der Waals surface area contributed by atoms with Gasteiger partial charge < -0.3 is 10.1 Å². The van der Waals surface area contributed by atoms with Gasteiger partial charge in [-0.2, -0.15) is 5.26 Å². The van der Waals surface area contributed by atoms with Gasteiger partial charge >= 0.3 is 0 Å². The van der Waals surface area contributed by atoms with Gasteiger partial charge in [-0.3, -0.25) is 0 Å². The molecule has 0 aliphatic rings. The molecular weight excluding hydrogens is 262 g/mol. The fraction of sp³-hybridized carbons (Fsp3) is 0.294. The minimum atomic E-state index is 0.669. The van der Waals surface area contributed by atoms with Gasteiger partial charge in [0.15, 0.2) is 0 Å². The third-order valence-electron chi connectivity index (χ3n) is 2.97. The van der Waals surface area contributed by atoms with Crippen LogP contribution in [0, 0.1) is 11.3 Å². The molecule has 0 atom stereocenters. The van der Waals surface area contributed by atoms with Crippen LogP contribution in [0.1, 0.15) is 30.0 Å². The Morgan fingerprint density at radius 2 is 2.05 bits per heavy atom. The van der Waals surface area contributed by atoms with Crippen molar-refractivity contribution in [1.29, 1.82) is 5.26 Å². The molecule has 21 heavy (non-hydrogen) atoms. The van der Waals surface area contributed by atoms with E-state index in [1.54, 1.807) is 0 Å². The highest BCUT2D eigenvalue weighted by Crippen LogP contribution is 2.08. The lowest BCUT2D eigenvalue weighted by molar-refractivity contribution is 0.305. The zero-order valence-corrected chi connectivity index (χ0v) is 12.2. The summed E-state index contributed by atoms with van der Waals surface area (Å²) >= 11 is 0. The highest BCUT2D eigenvalue weighted by Gasteiger charge is 1.98. The van der Waals surface area contributed by atoms with E-state index < -0.39 is 0 Å². The van der Waals surface area contributed by atoms with Crippen molar-refractivity contribution in [2.45, 2.75) is 26.4 Å². The average molecular weight is 281 g/mol. The molecule has 1 N–H and O–H groups in total. The Bertz CT molecular complexity index is 602. The number of nitrogens with zero attached hydrogens (tertiary/aromatic N) is 2. The summed E-state index contributed by atoms with van der Waals surface area (Å²) in [7, 11) is 0. The minimum absolute atomic E-state index is 0.669. The number of hydrogen-bond donors (Lipinski definition) is 1. The highest BCUT2D eigenvalue weighted by atomic mass is 16.5. The maximum Gasteiger partial charge on any atom is 0.213 e. The van der Waals surface area contributed by atoms with Gasteiger partial charge in [-0.05, 0) is 29.7 Å². The lowest BCUT2D eigenvalue weighted by Crippen LogP contribution is -2.13. The van der Waals surface area contributed by atoms with Crippen LogP contribution in [-0.2, 0) is 13.1 Å². The number of rotatable bonds is 7. The van der Waals surface area contributed by atoms with E-state index >= 15 is 0 Å². The number of nitrogens with one attached hydrogen (secondary N) is 1. The van der Waals surface area contributed by atoms with Crippen molar-refractivity contribution in [3.8, 4) is 11.9 Å². The van der Waals surface area contributed by atoms with Gasteiger partial charge in [0.05, 0.1) is 18.2 Å². The van der Waals surface area contributed by atoms with Crippen molar-refractivity contribution in [3.05, 3.63) is 59.3 Å². The largest absolute Gasteiger partial charge is 0.478 e. The third kappa shape index (κ3) is 4.90. The maximum atomic E-state index is 8.86. The summed E-state index contributed by atoms with van der Waals surface area (Å²) in [6.45, 7) is 4.22. The molecule has 1 aromatic heterocycles. The smallest absolute Gasteiger partial charge is 0.213 e.